The number of hydrogen-bond acceptors (Lipinski definition) is 5. The van der Waals surface area contributed by atoms with Gasteiger partial charge >= 0.3 is 6.01 Å². The van der Waals surface area contributed by atoms with Crippen molar-refractivity contribution in [1.29, 1.82) is 0 Å². The summed E-state index contributed by atoms with van der Waals surface area (Å²) in [5.74, 6) is 0.417. The molecule has 0 saturated heterocycles. The standard InChI is InChI=1S/C23H21N5O2/c1-16-14-17(2)28(27-16)15-18-4-6-19(7-5-18)22(29)26-20-8-10-21(11-9-20)30-23-24-12-3-13-25-23/h3-14H,15H2,1-2H3,(H,26,29). The van der Waals surface area contributed by atoms with Gasteiger partial charge in [0.15, 0.2) is 0 Å². The Bertz CT molecular complexity index is 1140. The van der Waals surface area contributed by atoms with Crippen molar-refractivity contribution < 1.29 is 9.53 Å². The third kappa shape index (κ3) is 4.70. The van der Waals surface area contributed by atoms with Crippen LogP contribution in [-0.4, -0.2) is 25.7 Å². The number of carbonyl (C=O) groups excluding carboxylic acids is 1. The zero-order chi connectivity index (χ0) is 20.9. The van der Waals surface area contributed by atoms with Gasteiger partial charge in [-0.3, -0.25) is 9.48 Å². The minimum atomic E-state index is -0.173. The van der Waals surface area contributed by atoms with E-state index in [9.17, 15) is 4.79 Å². The third-order valence-corrected chi connectivity index (χ3v) is 4.52. The molecule has 0 aliphatic carbocycles. The van der Waals surface area contributed by atoms with Crippen molar-refractivity contribution >= 4 is 11.6 Å². The molecule has 1 amide bonds. The molecule has 1 N–H and O–H groups in total. The Kier molecular flexibility index (Phi) is 5.52. The fourth-order valence-corrected chi connectivity index (χ4v) is 3.02. The van der Waals surface area contributed by atoms with Crippen molar-refractivity contribution in [1.82, 2.24) is 19.7 Å². The van der Waals surface area contributed by atoms with Gasteiger partial charge in [-0.15, -0.1) is 0 Å². The van der Waals surface area contributed by atoms with Crippen LogP contribution in [0.2, 0.25) is 0 Å². The Morgan fingerprint density at radius 3 is 2.33 bits per heavy atom. The summed E-state index contributed by atoms with van der Waals surface area (Å²) in [6.07, 6.45) is 3.22. The molecule has 0 spiro atoms. The van der Waals surface area contributed by atoms with Crippen LogP contribution in [0.5, 0.6) is 11.8 Å². The minimum absolute atomic E-state index is 0.173. The molecule has 0 bridgehead atoms. The van der Waals surface area contributed by atoms with Gasteiger partial charge in [0.2, 0.25) is 0 Å². The van der Waals surface area contributed by atoms with Crippen LogP contribution in [0.15, 0.2) is 73.1 Å². The number of nitrogens with zero attached hydrogens (tertiary/aromatic N) is 4. The maximum absolute atomic E-state index is 12.5. The van der Waals surface area contributed by atoms with Gasteiger partial charge in [0, 0.05) is 29.3 Å². The number of ether oxygens (including phenoxy) is 1. The minimum Gasteiger partial charge on any atom is -0.424 e. The Hall–Kier alpha value is -4.00. The molecule has 0 aliphatic rings. The fourth-order valence-electron chi connectivity index (χ4n) is 3.02. The second-order valence-corrected chi connectivity index (χ2v) is 6.89. The monoisotopic (exact) mass is 399 g/mol. The predicted molar refractivity (Wildman–Crippen MR) is 114 cm³/mol. The summed E-state index contributed by atoms with van der Waals surface area (Å²) in [6, 6.07) is 18.6. The molecule has 0 aliphatic heterocycles. The molecule has 7 nitrogen and oxygen atoms in total. The average molecular weight is 399 g/mol. The first-order chi connectivity index (χ1) is 14.6. The molecule has 4 aromatic rings. The van der Waals surface area contributed by atoms with E-state index < -0.39 is 0 Å². The quantitative estimate of drug-likeness (QED) is 0.520. The van der Waals surface area contributed by atoms with Crippen molar-refractivity contribution in [3.8, 4) is 11.8 Å². The van der Waals surface area contributed by atoms with E-state index >= 15 is 0 Å². The summed E-state index contributed by atoms with van der Waals surface area (Å²) in [4.78, 5) is 20.6. The van der Waals surface area contributed by atoms with Crippen LogP contribution in [0.4, 0.5) is 5.69 Å². The fraction of sp³-hybridized carbons (Fsp3) is 0.130. The van der Waals surface area contributed by atoms with Crippen molar-refractivity contribution in [2.24, 2.45) is 0 Å². The molecule has 0 unspecified atom stereocenters. The van der Waals surface area contributed by atoms with Gasteiger partial charge in [0.1, 0.15) is 5.75 Å². The lowest BCUT2D eigenvalue weighted by molar-refractivity contribution is 0.102. The van der Waals surface area contributed by atoms with Gasteiger partial charge in [-0.25, -0.2) is 9.97 Å². The summed E-state index contributed by atoms with van der Waals surface area (Å²) >= 11 is 0. The summed E-state index contributed by atoms with van der Waals surface area (Å²) in [7, 11) is 0. The summed E-state index contributed by atoms with van der Waals surface area (Å²) in [6.45, 7) is 4.68. The Balaban J connectivity index is 1.37. The highest BCUT2D eigenvalue weighted by Crippen LogP contribution is 2.20. The van der Waals surface area contributed by atoms with Gasteiger partial charge in [-0.2, -0.15) is 5.10 Å². The number of aromatic nitrogens is 4. The average Bonchev–Trinajstić information content (AvgIpc) is 3.07. The highest BCUT2D eigenvalue weighted by molar-refractivity contribution is 6.04. The van der Waals surface area contributed by atoms with Gasteiger partial charge in [-0.05, 0) is 67.9 Å². The van der Waals surface area contributed by atoms with Crippen LogP contribution in [0.1, 0.15) is 27.3 Å². The molecule has 2 aromatic heterocycles. The normalized spacial score (nSPS) is 10.6. The Morgan fingerprint density at radius 1 is 1.00 bits per heavy atom. The van der Waals surface area contributed by atoms with Crippen LogP contribution >= 0.6 is 0 Å². The topological polar surface area (TPSA) is 81.9 Å². The van der Waals surface area contributed by atoms with E-state index in [0.29, 0.717) is 23.5 Å². The van der Waals surface area contributed by atoms with Crippen molar-refractivity contribution in [2.75, 3.05) is 5.32 Å². The molecule has 0 fully saturated rings. The Morgan fingerprint density at radius 2 is 1.70 bits per heavy atom. The summed E-state index contributed by atoms with van der Waals surface area (Å²) in [5.41, 5.74) is 4.46. The molecule has 0 saturated carbocycles. The van der Waals surface area contributed by atoms with Crippen LogP contribution in [0.25, 0.3) is 0 Å². The van der Waals surface area contributed by atoms with E-state index in [2.05, 4.69) is 20.4 Å². The van der Waals surface area contributed by atoms with Crippen molar-refractivity contribution in [3.63, 3.8) is 0 Å². The smallest absolute Gasteiger partial charge is 0.321 e. The van der Waals surface area contributed by atoms with Crippen LogP contribution in [0, 0.1) is 13.8 Å². The maximum Gasteiger partial charge on any atom is 0.321 e. The first-order valence-electron chi connectivity index (χ1n) is 9.53. The molecule has 2 heterocycles. The highest BCUT2D eigenvalue weighted by atomic mass is 16.5. The highest BCUT2D eigenvalue weighted by Gasteiger charge is 2.08. The molecule has 2 aromatic carbocycles. The van der Waals surface area contributed by atoms with E-state index in [1.54, 1.807) is 42.7 Å². The molecular formula is C23H21N5O2. The zero-order valence-corrected chi connectivity index (χ0v) is 16.7. The van der Waals surface area contributed by atoms with E-state index in [4.69, 9.17) is 4.74 Å². The lowest BCUT2D eigenvalue weighted by Crippen LogP contribution is -2.12. The number of aryl methyl sites for hydroxylation is 2. The molecule has 7 heteroatoms. The first-order valence-corrected chi connectivity index (χ1v) is 9.53. The second-order valence-electron chi connectivity index (χ2n) is 6.89. The van der Waals surface area contributed by atoms with Gasteiger partial charge in [-0.1, -0.05) is 12.1 Å². The van der Waals surface area contributed by atoms with E-state index in [1.165, 1.54) is 0 Å². The number of benzene rings is 2. The van der Waals surface area contributed by atoms with Crippen molar-refractivity contribution in [2.45, 2.75) is 20.4 Å². The number of hydrogen-bond donors (Lipinski definition) is 1. The van der Waals surface area contributed by atoms with E-state index in [0.717, 1.165) is 17.0 Å². The molecule has 0 atom stereocenters. The number of nitrogens with one attached hydrogen (secondary N) is 1. The maximum atomic E-state index is 12.5. The predicted octanol–water partition coefficient (Wildman–Crippen LogP) is 4.38. The lowest BCUT2D eigenvalue weighted by Gasteiger charge is -2.08. The van der Waals surface area contributed by atoms with E-state index in [1.807, 2.05) is 48.9 Å². The number of amides is 1. The van der Waals surface area contributed by atoms with Crippen molar-refractivity contribution in [3.05, 3.63) is 95.6 Å². The first kappa shape index (κ1) is 19.3. The van der Waals surface area contributed by atoms with Gasteiger partial charge in [0.05, 0.1) is 12.2 Å². The molecule has 150 valence electrons. The van der Waals surface area contributed by atoms with Crippen LogP contribution in [0.3, 0.4) is 0 Å². The van der Waals surface area contributed by atoms with Gasteiger partial charge in [0.25, 0.3) is 5.91 Å². The number of anilines is 1. The SMILES string of the molecule is Cc1cc(C)n(Cc2ccc(C(=O)Nc3ccc(Oc4ncccn4)cc3)cc2)n1. The van der Waals surface area contributed by atoms with E-state index in [-0.39, 0.29) is 11.9 Å². The number of carbonyl (C=O) groups is 1. The van der Waals surface area contributed by atoms with Crippen LogP contribution in [-0.2, 0) is 6.54 Å². The van der Waals surface area contributed by atoms with Crippen LogP contribution < -0.4 is 10.1 Å². The summed E-state index contributed by atoms with van der Waals surface area (Å²) in [5, 5.41) is 7.36. The molecule has 0 radical (unpaired) electrons. The largest absolute Gasteiger partial charge is 0.424 e. The van der Waals surface area contributed by atoms with Gasteiger partial charge < -0.3 is 10.1 Å². The third-order valence-electron chi connectivity index (χ3n) is 4.52. The zero-order valence-electron chi connectivity index (χ0n) is 16.7. The molecule has 30 heavy (non-hydrogen) atoms. The molecular weight excluding hydrogens is 378 g/mol. The summed E-state index contributed by atoms with van der Waals surface area (Å²) < 4.78 is 7.51. The molecule has 4 rings (SSSR count). The lowest BCUT2D eigenvalue weighted by atomic mass is 10.1. The number of rotatable bonds is 6. The Labute approximate surface area is 174 Å². The second kappa shape index (κ2) is 8.57.